The number of aromatic nitrogens is 2. The largest absolute Gasteiger partial charge is 0.307 e. The number of benzene rings is 4. The Hall–Kier alpha value is -5.06. The standard InChI is InChI=1S/C32H20N4/c33-19-21-17-31(35-27-13-5-1-9-23(27)24-10-2-6-14-28(24)35)32(18-22(21)20-34)36-29-15-7-3-11-25(29)26-12-4-8-16-30(26)36/h1-3,5-11,13-18H,4,12H2. The van der Waals surface area contributed by atoms with Crippen LogP contribution in [0, 0.1) is 22.7 Å². The summed E-state index contributed by atoms with van der Waals surface area (Å²) in [7, 11) is 0. The topological polar surface area (TPSA) is 57.4 Å². The maximum atomic E-state index is 9.96. The Kier molecular flexibility index (Phi) is 4.37. The van der Waals surface area contributed by atoms with Crippen LogP contribution in [-0.2, 0) is 6.42 Å². The Bertz CT molecular complexity index is 1910. The van der Waals surface area contributed by atoms with Crippen molar-refractivity contribution < 1.29 is 0 Å². The molecule has 0 saturated heterocycles. The van der Waals surface area contributed by atoms with Crippen molar-refractivity contribution in [3.8, 4) is 23.5 Å². The van der Waals surface area contributed by atoms with Crippen LogP contribution in [0.15, 0.2) is 91.0 Å². The molecular weight excluding hydrogens is 440 g/mol. The Morgan fingerprint density at radius 3 is 1.69 bits per heavy atom. The van der Waals surface area contributed by atoms with Gasteiger partial charge in [0.15, 0.2) is 0 Å². The summed E-state index contributed by atoms with van der Waals surface area (Å²) in [6.45, 7) is 0. The van der Waals surface area contributed by atoms with E-state index in [1.807, 2.05) is 24.3 Å². The highest BCUT2D eigenvalue weighted by molar-refractivity contribution is 6.09. The van der Waals surface area contributed by atoms with Crippen molar-refractivity contribution in [1.29, 1.82) is 10.5 Å². The molecular formula is C32H20N4. The van der Waals surface area contributed by atoms with Gasteiger partial charge in [-0.15, -0.1) is 0 Å². The van der Waals surface area contributed by atoms with Crippen LogP contribution in [-0.4, -0.2) is 9.13 Å². The fourth-order valence-corrected chi connectivity index (χ4v) is 5.75. The summed E-state index contributed by atoms with van der Waals surface area (Å²) in [6, 6.07) is 33.4. The van der Waals surface area contributed by atoms with E-state index < -0.39 is 0 Å². The molecule has 4 nitrogen and oxygen atoms in total. The van der Waals surface area contributed by atoms with Crippen molar-refractivity contribution in [2.75, 3.05) is 0 Å². The summed E-state index contributed by atoms with van der Waals surface area (Å²) in [5.41, 5.74) is 8.21. The van der Waals surface area contributed by atoms with Gasteiger partial charge in [-0.25, -0.2) is 0 Å². The molecule has 0 aliphatic heterocycles. The predicted octanol–water partition coefficient (Wildman–Crippen LogP) is 7.43. The first-order valence-electron chi connectivity index (χ1n) is 12.1. The average Bonchev–Trinajstić information content (AvgIpc) is 3.45. The third-order valence-corrected chi connectivity index (χ3v) is 7.27. The predicted molar refractivity (Wildman–Crippen MR) is 144 cm³/mol. The van der Waals surface area contributed by atoms with Gasteiger partial charge in [-0.2, -0.15) is 10.5 Å². The summed E-state index contributed by atoms with van der Waals surface area (Å²) < 4.78 is 4.50. The molecule has 6 aromatic rings. The second kappa shape index (κ2) is 7.73. The van der Waals surface area contributed by atoms with E-state index >= 15 is 0 Å². The van der Waals surface area contributed by atoms with E-state index in [0.717, 1.165) is 57.2 Å². The Balaban J connectivity index is 1.69. The molecule has 0 atom stereocenters. The molecule has 0 N–H and O–H groups in total. The van der Waals surface area contributed by atoms with E-state index in [4.69, 9.17) is 0 Å². The minimum absolute atomic E-state index is 0.374. The molecule has 0 unspecified atom stereocenters. The molecule has 0 amide bonds. The molecule has 1 aliphatic carbocycles. The molecule has 4 aromatic carbocycles. The molecule has 168 valence electrons. The number of nitrogens with zero attached hydrogens (tertiary/aromatic N) is 4. The van der Waals surface area contributed by atoms with Gasteiger partial charge in [0.05, 0.1) is 39.1 Å². The van der Waals surface area contributed by atoms with Crippen LogP contribution in [0.5, 0.6) is 0 Å². The quantitative estimate of drug-likeness (QED) is 0.270. The number of allylic oxidation sites excluding steroid dienone is 1. The van der Waals surface area contributed by atoms with Crippen LogP contribution in [0.4, 0.5) is 0 Å². The molecule has 0 saturated carbocycles. The first-order chi connectivity index (χ1) is 17.8. The van der Waals surface area contributed by atoms with Crippen molar-refractivity contribution in [3.05, 3.63) is 113 Å². The van der Waals surface area contributed by atoms with Crippen molar-refractivity contribution in [1.82, 2.24) is 9.13 Å². The van der Waals surface area contributed by atoms with Gasteiger partial charge < -0.3 is 9.13 Å². The number of hydrogen-bond donors (Lipinski definition) is 0. The number of nitriles is 2. The van der Waals surface area contributed by atoms with Crippen LogP contribution >= 0.6 is 0 Å². The van der Waals surface area contributed by atoms with Crippen molar-refractivity contribution in [2.24, 2.45) is 0 Å². The number of aryl methyl sites for hydroxylation is 1. The van der Waals surface area contributed by atoms with E-state index in [1.54, 1.807) is 0 Å². The summed E-state index contributed by atoms with van der Waals surface area (Å²) in [5, 5.41) is 23.4. The zero-order chi connectivity index (χ0) is 24.2. The number of hydrogen-bond acceptors (Lipinski definition) is 2. The molecule has 36 heavy (non-hydrogen) atoms. The van der Waals surface area contributed by atoms with Gasteiger partial charge in [0.2, 0.25) is 0 Å². The molecule has 2 heterocycles. The van der Waals surface area contributed by atoms with E-state index in [-0.39, 0.29) is 0 Å². The van der Waals surface area contributed by atoms with Crippen molar-refractivity contribution in [2.45, 2.75) is 12.8 Å². The van der Waals surface area contributed by atoms with Crippen LogP contribution < -0.4 is 0 Å². The Labute approximate surface area is 208 Å². The SMILES string of the molecule is N#Cc1cc(-n2c3c(c4ccccc42)CCC=C3)c(-n2c3ccccc3c3ccccc32)cc1C#N. The lowest BCUT2D eigenvalue weighted by Gasteiger charge is -2.19. The fourth-order valence-electron chi connectivity index (χ4n) is 5.75. The van der Waals surface area contributed by atoms with Crippen LogP contribution in [0.25, 0.3) is 50.2 Å². The van der Waals surface area contributed by atoms with Crippen LogP contribution in [0.3, 0.4) is 0 Å². The summed E-state index contributed by atoms with van der Waals surface area (Å²) in [4.78, 5) is 0. The third kappa shape index (κ3) is 2.73. The zero-order valence-electron chi connectivity index (χ0n) is 19.4. The first-order valence-corrected chi connectivity index (χ1v) is 12.1. The Morgan fingerprint density at radius 2 is 1.11 bits per heavy atom. The molecule has 0 spiro atoms. The number of rotatable bonds is 2. The molecule has 0 bridgehead atoms. The van der Waals surface area contributed by atoms with E-state index in [9.17, 15) is 10.5 Å². The smallest absolute Gasteiger partial charge is 0.101 e. The van der Waals surface area contributed by atoms with Gasteiger partial charge in [-0.05, 0) is 54.8 Å². The van der Waals surface area contributed by atoms with Gasteiger partial charge in [-0.1, -0.05) is 60.7 Å². The van der Waals surface area contributed by atoms with E-state index in [0.29, 0.717) is 11.1 Å². The van der Waals surface area contributed by atoms with Gasteiger partial charge in [0.25, 0.3) is 0 Å². The molecule has 2 aromatic heterocycles. The van der Waals surface area contributed by atoms with E-state index in [1.165, 1.54) is 10.9 Å². The average molecular weight is 461 g/mol. The number of para-hydroxylation sites is 3. The third-order valence-electron chi connectivity index (χ3n) is 7.27. The highest BCUT2D eigenvalue weighted by Gasteiger charge is 2.23. The summed E-state index contributed by atoms with van der Waals surface area (Å²) in [5.74, 6) is 0. The van der Waals surface area contributed by atoms with Crippen LogP contribution in [0.2, 0.25) is 0 Å². The monoisotopic (exact) mass is 460 g/mol. The highest BCUT2D eigenvalue weighted by atomic mass is 15.1. The first kappa shape index (κ1) is 20.3. The van der Waals surface area contributed by atoms with Gasteiger partial charge in [-0.3, -0.25) is 0 Å². The molecule has 1 aliphatic rings. The molecule has 7 rings (SSSR count). The Morgan fingerprint density at radius 1 is 0.611 bits per heavy atom. The van der Waals surface area contributed by atoms with Gasteiger partial charge >= 0.3 is 0 Å². The minimum atomic E-state index is 0.374. The second-order valence-corrected chi connectivity index (χ2v) is 9.14. The van der Waals surface area contributed by atoms with Gasteiger partial charge in [0, 0.05) is 21.9 Å². The fraction of sp³-hybridized carbons (Fsp3) is 0.0625. The maximum Gasteiger partial charge on any atom is 0.101 e. The lowest BCUT2D eigenvalue weighted by atomic mass is 10.0. The van der Waals surface area contributed by atoms with Crippen molar-refractivity contribution in [3.63, 3.8) is 0 Å². The van der Waals surface area contributed by atoms with Crippen molar-refractivity contribution >= 4 is 38.8 Å². The summed E-state index contributed by atoms with van der Waals surface area (Å²) >= 11 is 0. The minimum Gasteiger partial charge on any atom is -0.307 e. The zero-order valence-corrected chi connectivity index (χ0v) is 19.4. The van der Waals surface area contributed by atoms with E-state index in [2.05, 4.69) is 94.1 Å². The number of fused-ring (bicyclic) bond motifs is 6. The molecule has 0 fully saturated rings. The maximum absolute atomic E-state index is 9.96. The highest BCUT2D eigenvalue weighted by Crippen LogP contribution is 2.39. The summed E-state index contributed by atoms with van der Waals surface area (Å²) in [6.07, 6.45) is 6.40. The lowest BCUT2D eigenvalue weighted by Crippen LogP contribution is -2.07. The van der Waals surface area contributed by atoms with Gasteiger partial charge in [0.1, 0.15) is 12.1 Å². The molecule has 4 heteroatoms. The normalized spacial score (nSPS) is 12.6. The second-order valence-electron chi connectivity index (χ2n) is 9.14. The van der Waals surface area contributed by atoms with Crippen LogP contribution in [0.1, 0.15) is 28.8 Å². The molecule has 0 radical (unpaired) electrons. The lowest BCUT2D eigenvalue weighted by molar-refractivity contribution is 0.961.